The van der Waals surface area contributed by atoms with Crippen LogP contribution in [0, 0.1) is 11.3 Å². The number of hydrogen-bond acceptors (Lipinski definition) is 9. The number of anilines is 2. The molecule has 0 aromatic carbocycles. The zero-order valence-corrected chi connectivity index (χ0v) is 25.2. The lowest BCUT2D eigenvalue weighted by atomic mass is 10.0. The van der Waals surface area contributed by atoms with Gasteiger partial charge < -0.3 is 10.6 Å². The molecule has 230 valence electrons. The summed E-state index contributed by atoms with van der Waals surface area (Å²) in [4.78, 5) is 54.2. The van der Waals surface area contributed by atoms with Crippen LogP contribution in [-0.4, -0.2) is 74.0 Å². The van der Waals surface area contributed by atoms with Crippen LogP contribution in [0.4, 0.5) is 16.3 Å². The van der Waals surface area contributed by atoms with Crippen molar-refractivity contribution >= 4 is 40.4 Å². The van der Waals surface area contributed by atoms with Crippen LogP contribution in [0.15, 0.2) is 55.1 Å². The molecule has 13 nitrogen and oxygen atoms in total. The molecule has 0 aliphatic carbocycles. The van der Waals surface area contributed by atoms with E-state index in [9.17, 15) is 19.6 Å². The van der Waals surface area contributed by atoms with Gasteiger partial charge in [0.25, 0.3) is 5.91 Å². The van der Waals surface area contributed by atoms with E-state index < -0.39 is 6.03 Å². The number of nitriles is 1. The molecule has 2 aliphatic rings. The lowest BCUT2D eigenvalue weighted by molar-refractivity contribution is -0.120. The molecular formula is C32H34N10O3. The fourth-order valence-electron chi connectivity index (χ4n) is 5.67. The van der Waals surface area contributed by atoms with Gasteiger partial charge in [0.05, 0.1) is 16.8 Å². The molecular weight excluding hydrogens is 572 g/mol. The molecule has 0 spiro atoms. The molecule has 0 saturated carbocycles. The summed E-state index contributed by atoms with van der Waals surface area (Å²) in [5.41, 5.74) is 3.36. The number of nitrogens with one attached hydrogen (secondary N) is 3. The normalized spacial score (nSPS) is 16.1. The van der Waals surface area contributed by atoms with Crippen LogP contribution in [0.1, 0.15) is 54.6 Å². The summed E-state index contributed by atoms with van der Waals surface area (Å²) in [6.07, 6.45) is 8.63. The Morgan fingerprint density at radius 2 is 1.84 bits per heavy atom. The van der Waals surface area contributed by atoms with Crippen molar-refractivity contribution in [3.05, 3.63) is 71.8 Å². The summed E-state index contributed by atoms with van der Waals surface area (Å²) in [7, 11) is 0. The maximum absolute atomic E-state index is 13.5. The number of piperidine rings is 1. The Balaban J connectivity index is 1.07. The fourth-order valence-corrected chi connectivity index (χ4v) is 5.67. The molecule has 0 atom stereocenters. The number of carbonyl (C=O) groups is 3. The van der Waals surface area contributed by atoms with E-state index in [1.807, 2.05) is 42.8 Å². The van der Waals surface area contributed by atoms with Gasteiger partial charge in [-0.1, -0.05) is 6.07 Å². The molecule has 0 unspecified atom stereocenters. The van der Waals surface area contributed by atoms with Crippen molar-refractivity contribution < 1.29 is 14.4 Å². The number of likely N-dealkylation sites (tertiary alicyclic amines) is 1. The van der Waals surface area contributed by atoms with Gasteiger partial charge in [-0.2, -0.15) is 5.26 Å². The van der Waals surface area contributed by atoms with Crippen LogP contribution >= 0.6 is 0 Å². The third kappa shape index (κ3) is 6.61. The zero-order valence-electron chi connectivity index (χ0n) is 25.2. The van der Waals surface area contributed by atoms with E-state index in [-0.39, 0.29) is 30.3 Å². The Bertz CT molecular complexity index is 1790. The van der Waals surface area contributed by atoms with E-state index >= 15 is 0 Å². The quantitative estimate of drug-likeness (QED) is 0.273. The predicted molar refractivity (Wildman–Crippen MR) is 168 cm³/mol. The highest BCUT2D eigenvalue weighted by atomic mass is 16.2. The molecule has 2 fully saturated rings. The second kappa shape index (κ2) is 12.7. The van der Waals surface area contributed by atoms with E-state index in [1.165, 1.54) is 11.1 Å². The minimum absolute atomic E-state index is 0.0353. The molecule has 4 aromatic rings. The maximum atomic E-state index is 13.5. The molecule has 0 radical (unpaired) electrons. The number of pyridine rings is 3. The van der Waals surface area contributed by atoms with Gasteiger partial charge in [-0.25, -0.2) is 19.7 Å². The van der Waals surface area contributed by atoms with E-state index in [0.717, 1.165) is 36.9 Å². The summed E-state index contributed by atoms with van der Waals surface area (Å²) in [6.45, 7) is 6.70. The molecule has 13 heteroatoms. The Labute approximate surface area is 260 Å². The summed E-state index contributed by atoms with van der Waals surface area (Å²) in [5.74, 6) is 0.693. The first kappa shape index (κ1) is 29.7. The molecule has 3 N–H and O–H groups in total. The zero-order chi connectivity index (χ0) is 31.5. The van der Waals surface area contributed by atoms with E-state index in [0.29, 0.717) is 47.2 Å². The first-order valence-electron chi connectivity index (χ1n) is 15.0. The van der Waals surface area contributed by atoms with Crippen LogP contribution in [0.5, 0.6) is 0 Å². The minimum atomic E-state index is -0.447. The summed E-state index contributed by atoms with van der Waals surface area (Å²) >= 11 is 0. The standard InChI is InChI=1S/C32H34N10O3/c1-20(2)37-26-14-28(41-11-5-23-13-22(15-33)17-36-30(23)41)35-18-25(26)31(44)38-24-6-9-40(10-7-24)19-21-3-4-27(34-16-21)42-12-8-29(43)39-32(42)45/h3-5,11,13-14,16-18,20,24H,6-10,12,19H2,1-2H3,(H,35,37)(H,38,44)(H,39,43,45). The number of urea groups is 1. The van der Waals surface area contributed by atoms with Gasteiger partial charge in [0, 0.05) is 80.9 Å². The summed E-state index contributed by atoms with van der Waals surface area (Å²) in [5, 5.41) is 18.9. The monoisotopic (exact) mass is 606 g/mol. The summed E-state index contributed by atoms with van der Waals surface area (Å²) < 4.78 is 1.84. The van der Waals surface area contributed by atoms with Crippen molar-refractivity contribution in [2.75, 3.05) is 29.9 Å². The molecule has 4 amide bonds. The van der Waals surface area contributed by atoms with Gasteiger partial charge in [0.2, 0.25) is 5.91 Å². The first-order valence-corrected chi connectivity index (χ1v) is 15.0. The highest BCUT2D eigenvalue weighted by Crippen LogP contribution is 2.24. The van der Waals surface area contributed by atoms with Crippen molar-refractivity contribution in [3.8, 4) is 11.9 Å². The van der Waals surface area contributed by atoms with Gasteiger partial charge in [0.1, 0.15) is 23.4 Å². The van der Waals surface area contributed by atoms with Gasteiger partial charge >= 0.3 is 6.03 Å². The average Bonchev–Trinajstić information content (AvgIpc) is 3.45. The van der Waals surface area contributed by atoms with Crippen LogP contribution in [-0.2, 0) is 11.3 Å². The number of aromatic nitrogens is 4. The second-order valence-electron chi connectivity index (χ2n) is 11.6. The maximum Gasteiger partial charge on any atom is 0.329 e. The number of hydrogen-bond donors (Lipinski definition) is 3. The average molecular weight is 607 g/mol. The van der Waals surface area contributed by atoms with Crippen LogP contribution in [0.25, 0.3) is 16.9 Å². The van der Waals surface area contributed by atoms with Gasteiger partial charge in [-0.05, 0) is 50.5 Å². The molecule has 4 aromatic heterocycles. The number of carbonyl (C=O) groups excluding carboxylic acids is 3. The van der Waals surface area contributed by atoms with Gasteiger partial charge in [0.15, 0.2) is 0 Å². The Morgan fingerprint density at radius 3 is 2.56 bits per heavy atom. The van der Waals surface area contributed by atoms with Crippen LogP contribution in [0.3, 0.4) is 0 Å². The SMILES string of the molecule is CC(C)Nc1cc(-n2ccc3cc(C#N)cnc32)ncc1C(=O)NC1CCN(Cc2ccc(N3CCC(=O)NC3=O)nc2)CC1. The van der Waals surface area contributed by atoms with Crippen molar-refractivity contribution in [1.29, 1.82) is 5.26 Å². The highest BCUT2D eigenvalue weighted by Gasteiger charge is 2.26. The first-order chi connectivity index (χ1) is 21.8. The van der Waals surface area contributed by atoms with E-state index in [2.05, 4.69) is 41.9 Å². The lowest BCUT2D eigenvalue weighted by Crippen LogP contribution is -2.49. The lowest BCUT2D eigenvalue weighted by Gasteiger charge is -2.32. The van der Waals surface area contributed by atoms with Crippen molar-refractivity contribution in [2.24, 2.45) is 0 Å². The topological polar surface area (TPSA) is 161 Å². The predicted octanol–water partition coefficient (Wildman–Crippen LogP) is 3.35. The smallest absolute Gasteiger partial charge is 0.329 e. The number of nitrogens with zero attached hydrogens (tertiary/aromatic N) is 7. The third-order valence-electron chi connectivity index (χ3n) is 7.95. The number of fused-ring (bicyclic) bond motifs is 1. The molecule has 0 bridgehead atoms. The van der Waals surface area contributed by atoms with Gasteiger partial charge in [-0.3, -0.25) is 29.3 Å². The minimum Gasteiger partial charge on any atom is -0.382 e. The Hall–Kier alpha value is -5.35. The van der Waals surface area contributed by atoms with Crippen LogP contribution in [0.2, 0.25) is 0 Å². The molecule has 45 heavy (non-hydrogen) atoms. The van der Waals surface area contributed by atoms with Crippen molar-refractivity contribution in [1.82, 2.24) is 35.1 Å². The Kier molecular flexibility index (Phi) is 8.39. The van der Waals surface area contributed by atoms with Crippen molar-refractivity contribution in [2.45, 2.75) is 51.7 Å². The molecule has 6 rings (SSSR count). The summed E-state index contributed by atoms with van der Waals surface area (Å²) in [6, 6.07) is 11.1. The number of rotatable bonds is 8. The molecule has 2 aliphatic heterocycles. The van der Waals surface area contributed by atoms with E-state index in [4.69, 9.17) is 0 Å². The number of imide groups is 1. The largest absolute Gasteiger partial charge is 0.382 e. The van der Waals surface area contributed by atoms with Gasteiger partial charge in [-0.15, -0.1) is 0 Å². The fraction of sp³-hybridized carbons (Fsp3) is 0.344. The van der Waals surface area contributed by atoms with Crippen LogP contribution < -0.4 is 20.9 Å². The Morgan fingerprint density at radius 1 is 1.04 bits per heavy atom. The van der Waals surface area contributed by atoms with Crippen molar-refractivity contribution in [3.63, 3.8) is 0 Å². The second-order valence-corrected chi connectivity index (χ2v) is 11.6. The molecule has 2 saturated heterocycles. The third-order valence-corrected chi connectivity index (χ3v) is 7.95. The number of amides is 4. The highest BCUT2D eigenvalue weighted by molar-refractivity contribution is 6.05. The van der Waals surface area contributed by atoms with E-state index in [1.54, 1.807) is 24.5 Å². The molecule has 6 heterocycles.